The van der Waals surface area contributed by atoms with Crippen LogP contribution in [0, 0.1) is 6.92 Å². The van der Waals surface area contributed by atoms with Crippen molar-refractivity contribution in [1.82, 2.24) is 24.1 Å². The van der Waals surface area contributed by atoms with Crippen LogP contribution in [0.1, 0.15) is 5.56 Å². The van der Waals surface area contributed by atoms with Gasteiger partial charge < -0.3 is 14.3 Å². The van der Waals surface area contributed by atoms with Gasteiger partial charge in [-0.05, 0) is 36.7 Å². The molecule has 0 amide bonds. The summed E-state index contributed by atoms with van der Waals surface area (Å²) in [5.41, 5.74) is 3.73. The van der Waals surface area contributed by atoms with Gasteiger partial charge in [-0.2, -0.15) is 0 Å². The Morgan fingerprint density at radius 2 is 2.04 bits per heavy atom. The highest BCUT2D eigenvalue weighted by molar-refractivity contribution is 6.76. The van der Waals surface area contributed by atoms with Gasteiger partial charge in [-0.1, -0.05) is 19.6 Å². The van der Waals surface area contributed by atoms with Crippen LogP contribution in [0.15, 0.2) is 41.6 Å². The number of hydrogen-bond donors (Lipinski definition) is 1. The molecule has 7 nitrogen and oxygen atoms in total. The van der Waals surface area contributed by atoms with Gasteiger partial charge in [-0.15, -0.1) is 0 Å². The van der Waals surface area contributed by atoms with E-state index in [1.54, 1.807) is 23.0 Å². The zero-order valence-corrected chi connectivity index (χ0v) is 17.7. The highest BCUT2D eigenvalue weighted by atomic mass is 28.3. The van der Waals surface area contributed by atoms with Crippen LogP contribution in [-0.2, 0) is 11.5 Å². The molecule has 1 N–H and O–H groups in total. The van der Waals surface area contributed by atoms with Crippen LogP contribution >= 0.6 is 0 Å². The van der Waals surface area contributed by atoms with Gasteiger partial charge in [0.05, 0.1) is 17.4 Å². The third-order valence-corrected chi connectivity index (χ3v) is 6.53. The number of aromatic amines is 1. The van der Waals surface area contributed by atoms with E-state index in [2.05, 4.69) is 34.6 Å². The molecule has 8 heteroatoms. The Labute approximate surface area is 164 Å². The summed E-state index contributed by atoms with van der Waals surface area (Å²) >= 11 is 0. The number of imidazole rings is 1. The summed E-state index contributed by atoms with van der Waals surface area (Å²) in [7, 11) is -1.10. The Kier molecular flexibility index (Phi) is 4.68. The highest BCUT2D eigenvalue weighted by Crippen LogP contribution is 2.23. The van der Waals surface area contributed by atoms with E-state index >= 15 is 0 Å². The third kappa shape index (κ3) is 3.52. The van der Waals surface area contributed by atoms with Crippen molar-refractivity contribution in [1.29, 1.82) is 0 Å². The van der Waals surface area contributed by atoms with E-state index in [1.807, 2.05) is 29.8 Å². The predicted molar refractivity (Wildman–Crippen MR) is 114 cm³/mol. The molecular weight excluding hydrogens is 370 g/mol. The minimum atomic E-state index is -1.10. The number of ether oxygens (including phenoxy) is 1. The third-order valence-electron chi connectivity index (χ3n) is 4.83. The lowest BCUT2D eigenvalue weighted by Gasteiger charge is -2.15. The van der Waals surface area contributed by atoms with Crippen molar-refractivity contribution in [2.75, 3.05) is 6.61 Å². The molecule has 0 fully saturated rings. The van der Waals surface area contributed by atoms with Crippen molar-refractivity contribution in [2.24, 2.45) is 0 Å². The molecule has 0 radical (unpaired) electrons. The molecule has 0 saturated heterocycles. The van der Waals surface area contributed by atoms with Gasteiger partial charge in [0.1, 0.15) is 12.4 Å². The summed E-state index contributed by atoms with van der Waals surface area (Å²) in [6, 6.07) is 6.76. The Morgan fingerprint density at radius 1 is 1.21 bits per heavy atom. The molecule has 0 aromatic carbocycles. The largest absolute Gasteiger partial charge is 0.361 e. The zero-order valence-electron chi connectivity index (χ0n) is 16.7. The second-order valence-electron chi connectivity index (χ2n) is 8.33. The maximum Gasteiger partial charge on any atom is 0.332 e. The van der Waals surface area contributed by atoms with E-state index < -0.39 is 8.07 Å². The van der Waals surface area contributed by atoms with Crippen LogP contribution < -0.4 is 5.69 Å². The summed E-state index contributed by atoms with van der Waals surface area (Å²) in [6.45, 7) is 10.3. The fraction of sp³-hybridized carbons (Fsp3) is 0.350. The first-order valence-electron chi connectivity index (χ1n) is 9.43. The molecule has 0 aliphatic carbocycles. The predicted octanol–water partition coefficient (Wildman–Crippen LogP) is 3.68. The molecule has 4 aromatic heterocycles. The van der Waals surface area contributed by atoms with E-state index in [-0.39, 0.29) is 5.69 Å². The molecule has 4 rings (SSSR count). The minimum Gasteiger partial charge on any atom is -0.361 e. The van der Waals surface area contributed by atoms with Crippen molar-refractivity contribution in [3.05, 3.63) is 52.8 Å². The van der Waals surface area contributed by atoms with Crippen LogP contribution in [0.5, 0.6) is 0 Å². The second kappa shape index (κ2) is 7.03. The van der Waals surface area contributed by atoms with Crippen LogP contribution in [0.2, 0.25) is 25.7 Å². The monoisotopic (exact) mass is 395 g/mol. The van der Waals surface area contributed by atoms with Crippen molar-refractivity contribution >= 4 is 30.3 Å². The Balaban J connectivity index is 1.66. The van der Waals surface area contributed by atoms with E-state index in [4.69, 9.17) is 4.74 Å². The number of nitrogens with zero attached hydrogens (tertiary/aromatic N) is 4. The number of hydrogen-bond acceptors (Lipinski definition) is 4. The second-order valence-corrected chi connectivity index (χ2v) is 14.0. The lowest BCUT2D eigenvalue weighted by Crippen LogP contribution is -2.22. The number of aromatic nitrogens is 5. The van der Waals surface area contributed by atoms with E-state index in [0.717, 1.165) is 29.2 Å². The standard InChI is InChI=1S/C20H25N5O2Si/c1-14-12-24(13-27-8-9-28(2,3)4)18-16(14)10-15(11-22-18)25-19-17(23-20(25)26)6-5-7-21-19/h5-7,10-12H,8-9,13H2,1-4H3,(H,23,26). The van der Waals surface area contributed by atoms with Crippen LogP contribution in [0.3, 0.4) is 0 Å². The first kappa shape index (κ1) is 18.6. The minimum absolute atomic E-state index is 0.221. The molecule has 28 heavy (non-hydrogen) atoms. The van der Waals surface area contributed by atoms with E-state index in [0.29, 0.717) is 23.6 Å². The molecule has 0 atom stereocenters. The molecule has 146 valence electrons. The molecule has 4 heterocycles. The van der Waals surface area contributed by atoms with Gasteiger partial charge in [-0.3, -0.25) is 0 Å². The van der Waals surface area contributed by atoms with Crippen molar-refractivity contribution < 1.29 is 4.74 Å². The fourth-order valence-electron chi connectivity index (χ4n) is 3.27. The molecule has 0 saturated carbocycles. The summed E-state index contributed by atoms with van der Waals surface area (Å²) in [5, 5.41) is 1.00. The molecule has 4 aromatic rings. The van der Waals surface area contributed by atoms with E-state index in [1.165, 1.54) is 0 Å². The lowest BCUT2D eigenvalue weighted by molar-refractivity contribution is 0.0898. The van der Waals surface area contributed by atoms with Crippen LogP contribution in [0.4, 0.5) is 0 Å². The summed E-state index contributed by atoms with van der Waals surface area (Å²) in [5.74, 6) is 0. The van der Waals surface area contributed by atoms with Crippen LogP contribution in [0.25, 0.3) is 27.9 Å². The molecular formula is C20H25N5O2Si. The SMILES string of the molecule is Cc1cn(COCC[Si](C)(C)C)c2ncc(-n3c(=O)[nH]c4cccnc43)cc12. The fourth-order valence-corrected chi connectivity index (χ4v) is 4.03. The van der Waals surface area contributed by atoms with Gasteiger partial charge >= 0.3 is 5.69 Å². The van der Waals surface area contributed by atoms with E-state index in [9.17, 15) is 4.79 Å². The maximum absolute atomic E-state index is 12.4. The summed E-state index contributed by atoms with van der Waals surface area (Å²) in [4.78, 5) is 24.2. The summed E-state index contributed by atoms with van der Waals surface area (Å²) < 4.78 is 9.47. The number of pyridine rings is 2. The first-order chi connectivity index (χ1) is 13.3. The van der Waals surface area contributed by atoms with Crippen LogP contribution in [-0.4, -0.2) is 38.8 Å². The topological polar surface area (TPSA) is 77.7 Å². The van der Waals surface area contributed by atoms with Gasteiger partial charge in [0, 0.05) is 32.5 Å². The maximum atomic E-state index is 12.4. The molecule has 0 aliphatic rings. The molecule has 0 bridgehead atoms. The molecule has 0 spiro atoms. The quantitative estimate of drug-likeness (QED) is 0.399. The average molecular weight is 396 g/mol. The van der Waals surface area contributed by atoms with Gasteiger partial charge in [0.2, 0.25) is 0 Å². The average Bonchev–Trinajstić information content (AvgIpc) is 3.14. The first-order valence-corrected chi connectivity index (χ1v) is 13.1. The van der Waals surface area contributed by atoms with Gasteiger partial charge in [0.15, 0.2) is 5.65 Å². The van der Waals surface area contributed by atoms with Gasteiger partial charge in [-0.25, -0.2) is 19.3 Å². The van der Waals surface area contributed by atoms with Crippen molar-refractivity contribution in [2.45, 2.75) is 39.3 Å². The number of H-pyrrole nitrogens is 1. The normalized spacial score (nSPS) is 12.3. The number of aryl methyl sites for hydroxylation is 1. The number of nitrogens with one attached hydrogen (secondary N) is 1. The smallest absolute Gasteiger partial charge is 0.332 e. The van der Waals surface area contributed by atoms with Crippen molar-refractivity contribution in [3.8, 4) is 5.69 Å². The highest BCUT2D eigenvalue weighted by Gasteiger charge is 2.15. The Hall–Kier alpha value is -2.71. The zero-order chi connectivity index (χ0) is 19.9. The lowest BCUT2D eigenvalue weighted by atomic mass is 10.2. The summed E-state index contributed by atoms with van der Waals surface area (Å²) in [6.07, 6.45) is 5.44. The number of rotatable bonds is 6. The van der Waals surface area contributed by atoms with Crippen molar-refractivity contribution in [3.63, 3.8) is 0 Å². The van der Waals surface area contributed by atoms with Gasteiger partial charge in [0.25, 0.3) is 0 Å². The Morgan fingerprint density at radius 3 is 2.82 bits per heavy atom. The Bertz CT molecular complexity index is 1200. The molecule has 0 aliphatic heterocycles. The molecule has 0 unspecified atom stereocenters. The number of fused-ring (bicyclic) bond motifs is 2.